The van der Waals surface area contributed by atoms with Crippen molar-refractivity contribution in [3.8, 4) is 0 Å². The Morgan fingerprint density at radius 1 is 1.33 bits per heavy atom. The number of nitrogens with zero attached hydrogens (tertiary/aromatic N) is 1. The molecule has 0 unspecified atom stereocenters. The third-order valence-electron chi connectivity index (χ3n) is 3.92. The summed E-state index contributed by atoms with van der Waals surface area (Å²) in [6.45, 7) is 5.27. The van der Waals surface area contributed by atoms with Gasteiger partial charge in [0.05, 0.1) is 5.75 Å². The topological polar surface area (TPSA) is 37.4 Å². The minimum absolute atomic E-state index is 0.320. The predicted molar refractivity (Wildman–Crippen MR) is 61.6 cm³/mol. The molecule has 2 aliphatic rings. The number of sulfone groups is 1. The first-order chi connectivity index (χ1) is 6.92. The van der Waals surface area contributed by atoms with Crippen molar-refractivity contribution in [2.45, 2.75) is 26.2 Å². The molecule has 15 heavy (non-hydrogen) atoms. The number of likely N-dealkylation sites (tertiary alicyclic amines) is 1. The van der Waals surface area contributed by atoms with Gasteiger partial charge in [-0.3, -0.25) is 0 Å². The van der Waals surface area contributed by atoms with Gasteiger partial charge < -0.3 is 4.90 Å². The highest BCUT2D eigenvalue weighted by Gasteiger charge is 2.51. The molecule has 1 saturated heterocycles. The van der Waals surface area contributed by atoms with Gasteiger partial charge in [0, 0.05) is 25.9 Å². The molecule has 0 radical (unpaired) electrons. The van der Waals surface area contributed by atoms with Crippen LogP contribution in [0.1, 0.15) is 26.2 Å². The molecule has 0 N–H and O–H groups in total. The molecule has 2 fully saturated rings. The largest absolute Gasteiger partial charge is 0.301 e. The van der Waals surface area contributed by atoms with E-state index in [1.165, 1.54) is 25.5 Å². The third-order valence-corrected chi connectivity index (χ3v) is 4.84. The molecule has 4 heteroatoms. The lowest BCUT2D eigenvalue weighted by Crippen LogP contribution is -2.62. The summed E-state index contributed by atoms with van der Waals surface area (Å²) in [5.41, 5.74) is 0.595. The fourth-order valence-electron chi connectivity index (χ4n) is 3.07. The van der Waals surface area contributed by atoms with Crippen LogP contribution < -0.4 is 0 Å². The van der Waals surface area contributed by atoms with Crippen molar-refractivity contribution in [1.29, 1.82) is 0 Å². The van der Waals surface area contributed by atoms with E-state index in [1.807, 2.05) is 0 Å². The van der Waals surface area contributed by atoms with Crippen LogP contribution in [0.25, 0.3) is 0 Å². The quantitative estimate of drug-likeness (QED) is 0.728. The van der Waals surface area contributed by atoms with Crippen LogP contribution in [0, 0.1) is 11.3 Å². The van der Waals surface area contributed by atoms with Crippen LogP contribution in [0.3, 0.4) is 0 Å². The zero-order valence-electron chi connectivity index (χ0n) is 9.70. The van der Waals surface area contributed by atoms with Gasteiger partial charge in [0.2, 0.25) is 0 Å². The van der Waals surface area contributed by atoms with Crippen molar-refractivity contribution in [3.05, 3.63) is 0 Å². The highest BCUT2D eigenvalue weighted by molar-refractivity contribution is 7.90. The molecule has 0 amide bonds. The minimum Gasteiger partial charge on any atom is -0.301 e. The lowest BCUT2D eigenvalue weighted by molar-refractivity contribution is -0.0918. The molecule has 0 atom stereocenters. The van der Waals surface area contributed by atoms with Crippen LogP contribution in [0.15, 0.2) is 0 Å². The van der Waals surface area contributed by atoms with Gasteiger partial charge in [-0.1, -0.05) is 13.3 Å². The highest BCUT2D eigenvalue weighted by atomic mass is 32.2. The summed E-state index contributed by atoms with van der Waals surface area (Å²) >= 11 is 0. The first kappa shape index (κ1) is 11.4. The number of hydrogen-bond acceptors (Lipinski definition) is 3. The molecule has 1 saturated carbocycles. The second-order valence-electron chi connectivity index (χ2n) is 5.52. The number of hydrogen-bond donors (Lipinski definition) is 0. The first-order valence-corrected chi connectivity index (χ1v) is 7.89. The van der Waals surface area contributed by atoms with E-state index >= 15 is 0 Å². The van der Waals surface area contributed by atoms with Crippen LogP contribution >= 0.6 is 0 Å². The van der Waals surface area contributed by atoms with Crippen LogP contribution in [0.4, 0.5) is 0 Å². The van der Waals surface area contributed by atoms with Crippen LogP contribution in [-0.2, 0) is 9.84 Å². The summed E-state index contributed by atoms with van der Waals surface area (Å²) in [5, 5.41) is 0. The lowest BCUT2D eigenvalue weighted by atomic mass is 9.57. The first-order valence-electron chi connectivity index (χ1n) is 5.83. The Hall–Kier alpha value is -0.0900. The zero-order valence-corrected chi connectivity index (χ0v) is 10.5. The summed E-state index contributed by atoms with van der Waals surface area (Å²) in [6, 6.07) is 0. The van der Waals surface area contributed by atoms with Crippen LogP contribution in [0.2, 0.25) is 0 Å². The third kappa shape index (κ3) is 2.53. The molecular formula is C11H21NO2S. The Morgan fingerprint density at radius 3 is 2.40 bits per heavy atom. The smallest absolute Gasteiger partial charge is 0.148 e. The van der Waals surface area contributed by atoms with Gasteiger partial charge >= 0.3 is 0 Å². The Bertz CT molecular complexity index is 322. The van der Waals surface area contributed by atoms with E-state index in [1.54, 1.807) is 0 Å². The van der Waals surface area contributed by atoms with E-state index < -0.39 is 9.84 Å². The molecule has 88 valence electrons. The second kappa shape index (κ2) is 3.74. The van der Waals surface area contributed by atoms with Crippen molar-refractivity contribution in [2.75, 3.05) is 31.6 Å². The average molecular weight is 231 g/mol. The Balaban J connectivity index is 1.67. The summed E-state index contributed by atoms with van der Waals surface area (Å²) in [4.78, 5) is 2.28. The van der Waals surface area contributed by atoms with E-state index in [0.29, 0.717) is 11.2 Å². The standard InChI is InChI=1S/C11H21NO2S/c1-3-10-6-11(7-10)8-12(9-11)4-5-15(2,13)14/h10H,3-9H2,1-2H3. The van der Waals surface area contributed by atoms with Gasteiger partial charge in [-0.15, -0.1) is 0 Å². The van der Waals surface area contributed by atoms with Crippen molar-refractivity contribution in [1.82, 2.24) is 4.90 Å². The van der Waals surface area contributed by atoms with E-state index in [2.05, 4.69) is 11.8 Å². The van der Waals surface area contributed by atoms with Gasteiger partial charge in [0.25, 0.3) is 0 Å². The van der Waals surface area contributed by atoms with Gasteiger partial charge in [0.1, 0.15) is 9.84 Å². The molecule has 3 nitrogen and oxygen atoms in total. The second-order valence-corrected chi connectivity index (χ2v) is 7.78. The maximum absolute atomic E-state index is 11.0. The van der Waals surface area contributed by atoms with E-state index in [9.17, 15) is 8.42 Å². The monoisotopic (exact) mass is 231 g/mol. The van der Waals surface area contributed by atoms with E-state index in [4.69, 9.17) is 0 Å². The Morgan fingerprint density at radius 2 is 1.93 bits per heavy atom. The van der Waals surface area contributed by atoms with Gasteiger partial charge in [0.15, 0.2) is 0 Å². The molecule has 0 aromatic carbocycles. The average Bonchev–Trinajstić information content (AvgIpc) is 1.96. The Kier molecular flexibility index (Phi) is 2.84. The van der Waals surface area contributed by atoms with Crippen molar-refractivity contribution in [3.63, 3.8) is 0 Å². The molecule has 1 heterocycles. The Labute approximate surface area is 92.8 Å². The molecule has 0 bridgehead atoms. The molecule has 0 aromatic rings. The lowest BCUT2D eigenvalue weighted by Gasteiger charge is -2.59. The maximum Gasteiger partial charge on any atom is 0.148 e. The zero-order chi connectivity index (χ0) is 11.1. The van der Waals surface area contributed by atoms with Crippen molar-refractivity contribution < 1.29 is 8.42 Å². The highest BCUT2D eigenvalue weighted by Crippen LogP contribution is 2.52. The molecule has 2 rings (SSSR count). The fourth-order valence-corrected chi connectivity index (χ4v) is 3.66. The normalized spacial score (nSPS) is 26.3. The summed E-state index contributed by atoms with van der Waals surface area (Å²) in [7, 11) is -2.78. The van der Waals surface area contributed by atoms with Crippen molar-refractivity contribution in [2.24, 2.45) is 11.3 Å². The fraction of sp³-hybridized carbons (Fsp3) is 1.00. The summed E-state index contributed by atoms with van der Waals surface area (Å²) in [5.74, 6) is 1.27. The maximum atomic E-state index is 11.0. The minimum atomic E-state index is -2.78. The molecular weight excluding hydrogens is 210 g/mol. The van der Waals surface area contributed by atoms with Gasteiger partial charge in [-0.05, 0) is 24.2 Å². The predicted octanol–water partition coefficient (Wildman–Crippen LogP) is 1.15. The molecule has 1 aliphatic heterocycles. The van der Waals surface area contributed by atoms with Crippen LogP contribution in [0.5, 0.6) is 0 Å². The SMILES string of the molecule is CCC1CC2(C1)CN(CCS(C)(=O)=O)C2. The molecule has 0 aromatic heterocycles. The van der Waals surface area contributed by atoms with Gasteiger partial charge in [-0.2, -0.15) is 0 Å². The van der Waals surface area contributed by atoms with E-state index in [-0.39, 0.29) is 0 Å². The van der Waals surface area contributed by atoms with E-state index in [0.717, 1.165) is 25.6 Å². The number of rotatable bonds is 4. The van der Waals surface area contributed by atoms with Crippen LogP contribution in [-0.4, -0.2) is 45.0 Å². The molecule has 1 aliphatic carbocycles. The van der Waals surface area contributed by atoms with Crippen molar-refractivity contribution >= 4 is 9.84 Å². The summed E-state index contributed by atoms with van der Waals surface area (Å²) < 4.78 is 22.0. The molecule has 1 spiro atoms. The van der Waals surface area contributed by atoms with Gasteiger partial charge in [-0.25, -0.2) is 8.42 Å². The summed E-state index contributed by atoms with van der Waals surface area (Å²) in [6.07, 6.45) is 5.38.